The van der Waals surface area contributed by atoms with Crippen LogP contribution in [0.1, 0.15) is 15.9 Å². The minimum atomic E-state index is -0.678. The fraction of sp³-hybridized carbons (Fsp3) is 0. The highest BCUT2D eigenvalue weighted by atomic mass is 16.3. The molecule has 0 fully saturated rings. The second-order valence-corrected chi connectivity index (χ2v) is 3.89. The van der Waals surface area contributed by atoms with Crippen molar-refractivity contribution in [2.24, 2.45) is 0 Å². The van der Waals surface area contributed by atoms with Crippen molar-refractivity contribution in [2.45, 2.75) is 0 Å². The van der Waals surface area contributed by atoms with Gasteiger partial charge in [-0.3, -0.25) is 4.79 Å². The standard InChI is InChI=1S/C13H10O6/c14-8-2-1-6(3-10(8)16)13(19)7-4-11(17)12(18)5-9(7)15/h1-5,14-18H. The molecular formula is C13H10O6. The molecule has 0 radical (unpaired) electrons. The van der Waals surface area contributed by atoms with Crippen LogP contribution in [-0.4, -0.2) is 31.3 Å². The predicted molar refractivity (Wildman–Crippen MR) is 64.6 cm³/mol. The maximum atomic E-state index is 12.0. The van der Waals surface area contributed by atoms with E-state index in [9.17, 15) is 20.1 Å². The quantitative estimate of drug-likeness (QED) is 0.317. The molecule has 2 rings (SSSR count). The molecule has 0 aliphatic rings. The number of benzene rings is 2. The van der Waals surface area contributed by atoms with Crippen LogP contribution in [0, 0.1) is 0 Å². The predicted octanol–water partition coefficient (Wildman–Crippen LogP) is 1.45. The first-order valence-electron chi connectivity index (χ1n) is 5.21. The molecule has 0 saturated heterocycles. The van der Waals surface area contributed by atoms with E-state index in [4.69, 9.17) is 10.2 Å². The Kier molecular flexibility index (Phi) is 2.92. The fourth-order valence-electron chi connectivity index (χ4n) is 1.57. The molecule has 0 unspecified atom stereocenters. The van der Waals surface area contributed by atoms with Crippen LogP contribution in [0.25, 0.3) is 0 Å². The second kappa shape index (κ2) is 4.41. The Morgan fingerprint density at radius 3 is 1.89 bits per heavy atom. The first kappa shape index (κ1) is 12.6. The summed E-state index contributed by atoms with van der Waals surface area (Å²) in [6, 6.07) is 5.15. The summed E-state index contributed by atoms with van der Waals surface area (Å²) in [6.45, 7) is 0. The largest absolute Gasteiger partial charge is 0.507 e. The average molecular weight is 262 g/mol. The number of carbonyl (C=O) groups is 1. The van der Waals surface area contributed by atoms with E-state index in [-0.39, 0.29) is 16.9 Å². The van der Waals surface area contributed by atoms with Gasteiger partial charge < -0.3 is 25.5 Å². The molecule has 19 heavy (non-hydrogen) atoms. The number of hydrogen-bond donors (Lipinski definition) is 5. The van der Waals surface area contributed by atoms with Crippen LogP contribution in [0.5, 0.6) is 28.7 Å². The van der Waals surface area contributed by atoms with Gasteiger partial charge in [-0.25, -0.2) is 0 Å². The summed E-state index contributed by atoms with van der Waals surface area (Å²) in [7, 11) is 0. The van der Waals surface area contributed by atoms with Gasteiger partial charge >= 0.3 is 0 Å². The van der Waals surface area contributed by atoms with E-state index in [0.717, 1.165) is 24.3 Å². The topological polar surface area (TPSA) is 118 Å². The Labute approximate surface area is 107 Å². The molecule has 2 aromatic carbocycles. The molecule has 0 spiro atoms. The zero-order valence-electron chi connectivity index (χ0n) is 9.53. The highest BCUT2D eigenvalue weighted by molar-refractivity contribution is 6.11. The van der Waals surface area contributed by atoms with Crippen molar-refractivity contribution in [1.29, 1.82) is 0 Å². The summed E-state index contributed by atoms with van der Waals surface area (Å²) in [4.78, 5) is 12.0. The molecule has 6 heteroatoms. The van der Waals surface area contributed by atoms with E-state index < -0.39 is 28.8 Å². The van der Waals surface area contributed by atoms with Gasteiger partial charge in [0.05, 0.1) is 5.56 Å². The minimum absolute atomic E-state index is 0.00990. The average Bonchev–Trinajstić information content (AvgIpc) is 2.36. The normalized spacial score (nSPS) is 10.3. The van der Waals surface area contributed by atoms with Gasteiger partial charge in [-0.05, 0) is 24.3 Å². The lowest BCUT2D eigenvalue weighted by Crippen LogP contribution is -2.01. The van der Waals surface area contributed by atoms with Gasteiger partial charge in [0.15, 0.2) is 28.8 Å². The lowest BCUT2D eigenvalue weighted by Gasteiger charge is -2.07. The van der Waals surface area contributed by atoms with Gasteiger partial charge in [0.25, 0.3) is 0 Å². The third-order valence-corrected chi connectivity index (χ3v) is 2.58. The Morgan fingerprint density at radius 1 is 0.684 bits per heavy atom. The number of phenolic OH excluding ortho intramolecular Hbond substituents is 5. The molecular weight excluding hydrogens is 252 g/mol. The lowest BCUT2D eigenvalue weighted by molar-refractivity contribution is 0.103. The fourth-order valence-corrected chi connectivity index (χ4v) is 1.57. The van der Waals surface area contributed by atoms with E-state index in [0.29, 0.717) is 0 Å². The van der Waals surface area contributed by atoms with Gasteiger partial charge in [0, 0.05) is 11.6 Å². The zero-order chi connectivity index (χ0) is 14.2. The number of phenols is 5. The van der Waals surface area contributed by atoms with Crippen LogP contribution in [0.4, 0.5) is 0 Å². The summed E-state index contributed by atoms with van der Waals surface area (Å²) in [5, 5.41) is 46.5. The number of aromatic hydroxyl groups is 5. The van der Waals surface area contributed by atoms with E-state index in [1.54, 1.807) is 0 Å². The maximum absolute atomic E-state index is 12.0. The van der Waals surface area contributed by atoms with Crippen LogP contribution in [0.3, 0.4) is 0 Å². The van der Waals surface area contributed by atoms with Crippen molar-refractivity contribution < 1.29 is 30.3 Å². The molecule has 0 aromatic heterocycles. The summed E-state index contributed by atoms with van der Waals surface area (Å²) >= 11 is 0. The van der Waals surface area contributed by atoms with E-state index in [1.165, 1.54) is 6.07 Å². The monoisotopic (exact) mass is 262 g/mol. The zero-order valence-corrected chi connectivity index (χ0v) is 9.53. The highest BCUT2D eigenvalue weighted by Gasteiger charge is 2.17. The Balaban J connectivity index is 2.49. The van der Waals surface area contributed by atoms with Crippen molar-refractivity contribution >= 4 is 5.78 Å². The van der Waals surface area contributed by atoms with Crippen LogP contribution >= 0.6 is 0 Å². The summed E-state index contributed by atoms with van der Waals surface area (Å²) in [5.41, 5.74) is -0.226. The highest BCUT2D eigenvalue weighted by Crippen LogP contribution is 2.34. The SMILES string of the molecule is O=C(c1ccc(O)c(O)c1)c1cc(O)c(O)cc1O. The smallest absolute Gasteiger partial charge is 0.197 e. The van der Waals surface area contributed by atoms with Crippen LogP contribution in [-0.2, 0) is 0 Å². The van der Waals surface area contributed by atoms with Crippen LogP contribution in [0.2, 0.25) is 0 Å². The molecule has 98 valence electrons. The van der Waals surface area contributed by atoms with Gasteiger partial charge in [-0.1, -0.05) is 0 Å². The molecule has 0 amide bonds. The molecule has 0 heterocycles. The number of ketones is 1. The number of rotatable bonds is 2. The van der Waals surface area contributed by atoms with E-state index >= 15 is 0 Å². The molecule has 0 saturated carbocycles. The van der Waals surface area contributed by atoms with E-state index in [1.807, 2.05) is 0 Å². The van der Waals surface area contributed by atoms with Crippen molar-refractivity contribution in [3.8, 4) is 28.7 Å². The Bertz CT molecular complexity index is 662. The second-order valence-electron chi connectivity index (χ2n) is 3.89. The van der Waals surface area contributed by atoms with Crippen LogP contribution < -0.4 is 0 Å². The van der Waals surface area contributed by atoms with Gasteiger partial charge in [-0.2, -0.15) is 0 Å². The lowest BCUT2D eigenvalue weighted by atomic mass is 10.0. The van der Waals surface area contributed by atoms with Gasteiger partial charge in [0.1, 0.15) is 5.75 Å². The number of carbonyl (C=O) groups excluding carboxylic acids is 1. The van der Waals surface area contributed by atoms with E-state index in [2.05, 4.69) is 0 Å². The molecule has 0 atom stereocenters. The van der Waals surface area contributed by atoms with Crippen molar-refractivity contribution in [1.82, 2.24) is 0 Å². The summed E-state index contributed by atoms with van der Waals surface area (Å²) < 4.78 is 0. The minimum Gasteiger partial charge on any atom is -0.507 e. The van der Waals surface area contributed by atoms with Gasteiger partial charge in [0.2, 0.25) is 0 Å². The van der Waals surface area contributed by atoms with Gasteiger partial charge in [-0.15, -0.1) is 0 Å². The van der Waals surface area contributed by atoms with Crippen molar-refractivity contribution in [3.05, 3.63) is 41.5 Å². The molecule has 2 aromatic rings. The van der Waals surface area contributed by atoms with Crippen molar-refractivity contribution in [3.63, 3.8) is 0 Å². The molecule has 6 nitrogen and oxygen atoms in total. The van der Waals surface area contributed by atoms with Crippen molar-refractivity contribution in [2.75, 3.05) is 0 Å². The molecule has 0 aliphatic carbocycles. The molecule has 0 aliphatic heterocycles. The Morgan fingerprint density at radius 2 is 1.26 bits per heavy atom. The maximum Gasteiger partial charge on any atom is 0.197 e. The first-order valence-corrected chi connectivity index (χ1v) is 5.21. The first-order chi connectivity index (χ1) is 8.90. The van der Waals surface area contributed by atoms with Crippen LogP contribution in [0.15, 0.2) is 30.3 Å². The third-order valence-electron chi connectivity index (χ3n) is 2.58. The number of hydrogen-bond acceptors (Lipinski definition) is 6. The summed E-state index contributed by atoms with van der Waals surface area (Å²) in [6.07, 6.45) is 0. The third kappa shape index (κ3) is 2.23. The Hall–Kier alpha value is -2.89. The summed E-state index contributed by atoms with van der Waals surface area (Å²) in [5.74, 6) is -3.15. The molecule has 0 bridgehead atoms. The molecule has 5 N–H and O–H groups in total.